The molecule has 0 atom stereocenters. The smallest absolute Gasteiger partial charge is 0.200 e. The van der Waals surface area contributed by atoms with Gasteiger partial charge in [0.2, 0.25) is 5.82 Å². The molecule has 0 N–H and O–H groups in total. The normalized spacial score (nSPS) is 11.5. The van der Waals surface area contributed by atoms with Crippen molar-refractivity contribution in [2.75, 3.05) is 0 Å². The first-order valence-electron chi connectivity index (χ1n) is 22.0. The quantitative estimate of drug-likeness (QED) is 0.0909. The molecule has 12 rings (SSSR count). The van der Waals surface area contributed by atoms with Gasteiger partial charge in [0.25, 0.3) is 0 Å². The van der Waals surface area contributed by atoms with Gasteiger partial charge >= 0.3 is 0 Å². The van der Waals surface area contributed by atoms with Crippen LogP contribution < -0.4 is 0 Å². The monoisotopic (exact) mass is 905 g/mol. The van der Waals surface area contributed by atoms with Gasteiger partial charge < -0.3 is 9.13 Å². The summed E-state index contributed by atoms with van der Waals surface area (Å²) in [5.41, 5.74) is 8.54. The summed E-state index contributed by atoms with van der Waals surface area (Å²) in [6, 6.07) is 59.4. The van der Waals surface area contributed by atoms with Gasteiger partial charge in [0, 0.05) is 56.2 Å². The van der Waals surface area contributed by atoms with Crippen molar-refractivity contribution in [1.29, 1.82) is 5.26 Å². The van der Waals surface area contributed by atoms with Crippen molar-refractivity contribution in [2.24, 2.45) is 0 Å². The highest BCUT2D eigenvalue weighted by Crippen LogP contribution is 2.43. The van der Waals surface area contributed by atoms with Crippen molar-refractivity contribution >= 4 is 43.6 Å². The standard InChI is InChI=1S/C59H32F5N5/c60-55-54(56(61)58(63)59(64)57(55)62)40-29-52(68-48-17-9-7-15-41(48)43-27-36(21-25-50(43)68)38-19-23-46(66-32-38)34-11-3-1-4-12-34)45(31-65)53(30-40)69-49-18-10-8-16-42(49)44-28-37(22-26-51(44)69)39-20-24-47(67-33-39)35-13-5-2-6-14-35/h1-30,32-33H. The molecule has 4 aromatic heterocycles. The highest BCUT2D eigenvalue weighted by Gasteiger charge is 2.30. The van der Waals surface area contributed by atoms with Gasteiger partial charge in [-0.3, -0.25) is 9.97 Å². The zero-order chi connectivity index (χ0) is 46.9. The van der Waals surface area contributed by atoms with E-state index in [9.17, 15) is 9.65 Å². The lowest BCUT2D eigenvalue weighted by Crippen LogP contribution is -2.08. The molecule has 8 aromatic carbocycles. The fourth-order valence-electron chi connectivity index (χ4n) is 9.59. The fraction of sp³-hybridized carbons (Fsp3) is 0. The van der Waals surface area contributed by atoms with E-state index >= 15 is 17.6 Å². The second-order valence-corrected chi connectivity index (χ2v) is 16.7. The number of nitriles is 1. The van der Waals surface area contributed by atoms with Gasteiger partial charge in [-0.1, -0.05) is 121 Å². The first-order chi connectivity index (χ1) is 33.8. The fourth-order valence-corrected chi connectivity index (χ4v) is 9.59. The summed E-state index contributed by atoms with van der Waals surface area (Å²) < 4.78 is 80.7. The van der Waals surface area contributed by atoms with Crippen LogP contribution >= 0.6 is 0 Å². The molecule has 0 radical (unpaired) electrons. The lowest BCUT2D eigenvalue weighted by molar-refractivity contribution is 0.381. The molecule has 10 heteroatoms. The first-order valence-corrected chi connectivity index (χ1v) is 22.0. The number of aromatic nitrogens is 4. The van der Waals surface area contributed by atoms with Gasteiger partial charge in [-0.15, -0.1) is 0 Å². The van der Waals surface area contributed by atoms with Crippen LogP contribution in [0.1, 0.15) is 5.56 Å². The number of rotatable bonds is 7. The van der Waals surface area contributed by atoms with Gasteiger partial charge in [0.15, 0.2) is 23.3 Å². The molecule has 0 saturated carbocycles. The second kappa shape index (κ2) is 16.3. The third-order valence-electron chi connectivity index (χ3n) is 12.9. The van der Waals surface area contributed by atoms with Crippen LogP contribution in [-0.2, 0) is 0 Å². The summed E-state index contributed by atoms with van der Waals surface area (Å²) in [4.78, 5) is 9.48. The summed E-state index contributed by atoms with van der Waals surface area (Å²) in [5.74, 6) is -10.4. The van der Waals surface area contributed by atoms with Crippen molar-refractivity contribution in [1.82, 2.24) is 19.1 Å². The Morgan fingerprint density at radius 1 is 0.348 bits per heavy atom. The van der Waals surface area contributed by atoms with Crippen LogP contribution in [-0.4, -0.2) is 19.1 Å². The van der Waals surface area contributed by atoms with Gasteiger partial charge in [0.1, 0.15) is 11.6 Å². The molecule has 0 saturated heterocycles. The van der Waals surface area contributed by atoms with E-state index in [0.29, 0.717) is 22.1 Å². The maximum Gasteiger partial charge on any atom is 0.200 e. The Morgan fingerprint density at radius 2 is 0.739 bits per heavy atom. The molecule has 328 valence electrons. The van der Waals surface area contributed by atoms with Crippen LogP contribution in [0, 0.1) is 40.4 Å². The largest absolute Gasteiger partial charge is 0.308 e. The molecule has 5 nitrogen and oxygen atoms in total. The second-order valence-electron chi connectivity index (χ2n) is 16.7. The molecule has 0 unspecified atom stereocenters. The van der Waals surface area contributed by atoms with Crippen LogP contribution in [0.3, 0.4) is 0 Å². The molecular weight excluding hydrogens is 874 g/mol. The number of fused-ring (bicyclic) bond motifs is 6. The SMILES string of the molecule is N#Cc1c(-n2c3ccccc3c3cc(-c4ccc(-c5ccccc5)nc4)ccc32)cc(-c2c(F)c(F)c(F)c(F)c2F)cc1-n1c2ccccc2c2cc(-c3ccc(-c4ccccc4)nc3)ccc21. The van der Waals surface area contributed by atoms with Crippen LogP contribution in [0.4, 0.5) is 22.0 Å². The highest BCUT2D eigenvalue weighted by molar-refractivity contribution is 6.12. The van der Waals surface area contributed by atoms with Crippen LogP contribution in [0.15, 0.2) is 194 Å². The zero-order valence-corrected chi connectivity index (χ0v) is 36.1. The van der Waals surface area contributed by atoms with E-state index in [4.69, 9.17) is 9.97 Å². The molecule has 0 bridgehead atoms. The van der Waals surface area contributed by atoms with Gasteiger partial charge in [-0.2, -0.15) is 5.26 Å². The number of pyridine rings is 2. The van der Waals surface area contributed by atoms with E-state index in [-0.39, 0.29) is 22.5 Å². The minimum absolute atomic E-state index is 0.0856. The minimum Gasteiger partial charge on any atom is -0.308 e. The van der Waals surface area contributed by atoms with E-state index in [1.54, 1.807) is 9.13 Å². The maximum absolute atomic E-state index is 16.1. The Balaban J connectivity index is 1.10. The number of hydrogen-bond acceptors (Lipinski definition) is 3. The van der Waals surface area contributed by atoms with E-state index in [1.165, 1.54) is 12.1 Å². The predicted molar refractivity (Wildman–Crippen MR) is 262 cm³/mol. The number of benzene rings is 8. The van der Waals surface area contributed by atoms with Crippen LogP contribution in [0.25, 0.3) is 111 Å². The lowest BCUT2D eigenvalue weighted by atomic mass is 9.98. The molecule has 12 aromatic rings. The topological polar surface area (TPSA) is 59.4 Å². The molecular formula is C59H32F5N5. The molecule has 69 heavy (non-hydrogen) atoms. The third kappa shape index (κ3) is 6.66. The summed E-state index contributed by atoms with van der Waals surface area (Å²) in [5, 5.41) is 14.5. The molecule has 0 fully saturated rings. The highest BCUT2D eigenvalue weighted by atomic mass is 19.2. The summed E-state index contributed by atoms with van der Waals surface area (Å²) in [6.45, 7) is 0. The van der Waals surface area contributed by atoms with E-state index < -0.39 is 34.6 Å². The van der Waals surface area contributed by atoms with E-state index in [1.807, 2.05) is 182 Å². The Hall–Kier alpha value is -9.20. The minimum atomic E-state index is -2.27. The van der Waals surface area contributed by atoms with Crippen molar-refractivity contribution in [3.8, 4) is 73.3 Å². The third-order valence-corrected chi connectivity index (χ3v) is 12.9. The van der Waals surface area contributed by atoms with E-state index in [0.717, 1.165) is 66.3 Å². The summed E-state index contributed by atoms with van der Waals surface area (Å²) in [6.07, 6.45) is 3.62. The maximum atomic E-state index is 16.1. The predicted octanol–water partition coefficient (Wildman–Crippen LogP) is 15.6. The molecule has 0 amide bonds. The molecule has 4 heterocycles. The van der Waals surface area contributed by atoms with Gasteiger partial charge in [-0.25, -0.2) is 22.0 Å². The van der Waals surface area contributed by atoms with Crippen molar-refractivity contribution in [2.45, 2.75) is 0 Å². The van der Waals surface area contributed by atoms with E-state index in [2.05, 4.69) is 6.07 Å². The zero-order valence-electron chi connectivity index (χ0n) is 36.1. The molecule has 0 aliphatic rings. The van der Waals surface area contributed by atoms with Gasteiger partial charge in [0.05, 0.1) is 50.4 Å². The van der Waals surface area contributed by atoms with Gasteiger partial charge in [-0.05, 0) is 77.4 Å². The first kappa shape index (κ1) is 41.2. The summed E-state index contributed by atoms with van der Waals surface area (Å²) in [7, 11) is 0. The summed E-state index contributed by atoms with van der Waals surface area (Å²) >= 11 is 0. The Kier molecular flexibility index (Phi) is 9.74. The Bertz CT molecular complexity index is 3810. The van der Waals surface area contributed by atoms with Crippen molar-refractivity contribution in [3.63, 3.8) is 0 Å². The number of halogens is 5. The molecule has 0 spiro atoms. The van der Waals surface area contributed by atoms with Crippen LogP contribution in [0.5, 0.6) is 0 Å². The number of para-hydroxylation sites is 2. The van der Waals surface area contributed by atoms with Crippen molar-refractivity contribution < 1.29 is 22.0 Å². The van der Waals surface area contributed by atoms with Crippen LogP contribution in [0.2, 0.25) is 0 Å². The average Bonchev–Trinajstić information content (AvgIpc) is 3.92. The Morgan fingerprint density at radius 3 is 1.16 bits per heavy atom. The lowest BCUT2D eigenvalue weighted by Gasteiger charge is -2.19. The molecule has 0 aliphatic heterocycles. The average molecular weight is 906 g/mol. The number of hydrogen-bond donors (Lipinski definition) is 0. The molecule has 0 aliphatic carbocycles. The van der Waals surface area contributed by atoms with Crippen molar-refractivity contribution in [3.05, 3.63) is 229 Å². The Labute approximate surface area is 390 Å². The number of nitrogens with zero attached hydrogens (tertiary/aromatic N) is 5.